The zero-order chi connectivity index (χ0) is 17.3. The topological polar surface area (TPSA) is 23.5 Å². The third-order valence-corrected chi connectivity index (χ3v) is 7.28. The van der Waals surface area contributed by atoms with Crippen LogP contribution in [0.2, 0.25) is 0 Å². The van der Waals surface area contributed by atoms with E-state index in [1.807, 2.05) is 0 Å². The Morgan fingerprint density at radius 2 is 1.72 bits per heavy atom. The first-order valence-corrected chi connectivity index (χ1v) is 11.5. The fraction of sp³-hybridized carbons (Fsp3) is 0.947. The van der Waals surface area contributed by atoms with Gasteiger partial charge in [-0.05, 0) is 51.4 Å². The van der Waals surface area contributed by atoms with Crippen molar-refractivity contribution >= 4 is 28.3 Å². The van der Waals surface area contributed by atoms with Gasteiger partial charge in [0.2, 0.25) is 0 Å². The summed E-state index contributed by atoms with van der Waals surface area (Å²) in [5.41, 5.74) is 0. The minimum atomic E-state index is -0.225. The molecule has 1 N–H and O–H groups in total. The van der Waals surface area contributed by atoms with Crippen molar-refractivity contribution in [2.45, 2.75) is 70.8 Å². The molecule has 0 spiro atoms. The summed E-state index contributed by atoms with van der Waals surface area (Å²) < 4.78 is 2.16. The van der Waals surface area contributed by atoms with Crippen molar-refractivity contribution in [2.75, 3.05) is 45.0 Å². The number of hydrogen-bond acceptors (Lipinski definition) is 3. The summed E-state index contributed by atoms with van der Waals surface area (Å²) in [5, 5.41) is 10.7. The van der Waals surface area contributed by atoms with E-state index in [0.29, 0.717) is 0 Å². The molecule has 3 nitrogen and oxygen atoms in total. The van der Waals surface area contributed by atoms with Gasteiger partial charge in [-0.25, -0.2) is 0 Å². The van der Waals surface area contributed by atoms with Gasteiger partial charge in [-0.3, -0.25) is 0 Å². The van der Waals surface area contributed by atoms with Crippen LogP contribution in [0, 0.1) is 0 Å². The molecule has 2 aliphatic heterocycles. The van der Waals surface area contributed by atoms with Gasteiger partial charge in [-0.15, -0.1) is 0 Å². The highest BCUT2D eigenvalue weighted by molar-refractivity contribution is 8.22. The fourth-order valence-corrected chi connectivity index (χ4v) is 5.40. The Kier molecular flexibility index (Phi) is 12.2. The summed E-state index contributed by atoms with van der Waals surface area (Å²) in [6, 6.07) is 0. The number of aliphatic hydroxyl groups is 1. The van der Waals surface area contributed by atoms with Crippen LogP contribution < -0.4 is 17.0 Å². The average Bonchev–Trinajstić information content (AvgIpc) is 2.61. The predicted molar refractivity (Wildman–Crippen MR) is 110 cm³/mol. The molecular formula is C19H37BrN2OS2. The number of piperidine rings is 2. The minimum absolute atomic E-state index is 0. The Morgan fingerprint density at radius 3 is 2.36 bits per heavy atom. The molecule has 0 bridgehead atoms. The first-order chi connectivity index (χ1) is 11.7. The van der Waals surface area contributed by atoms with Crippen molar-refractivity contribution in [3.8, 4) is 0 Å². The second-order valence-electron chi connectivity index (χ2n) is 7.74. The Labute approximate surface area is 175 Å². The van der Waals surface area contributed by atoms with E-state index in [1.165, 1.54) is 77.4 Å². The monoisotopic (exact) mass is 452 g/mol. The van der Waals surface area contributed by atoms with Crippen molar-refractivity contribution in [3.63, 3.8) is 0 Å². The number of likely N-dealkylation sites (tertiary alicyclic amines) is 2. The van der Waals surface area contributed by atoms with Crippen molar-refractivity contribution in [1.82, 2.24) is 4.90 Å². The number of aliphatic hydroxyl groups excluding tert-OH is 1. The third kappa shape index (κ3) is 8.46. The molecule has 0 aliphatic carbocycles. The van der Waals surface area contributed by atoms with Gasteiger partial charge in [-0.2, -0.15) is 0 Å². The molecular weight excluding hydrogens is 416 g/mol. The zero-order valence-electron chi connectivity index (χ0n) is 15.9. The summed E-state index contributed by atoms with van der Waals surface area (Å²) in [5.74, 6) is 0.767. The number of rotatable bonds is 8. The lowest BCUT2D eigenvalue weighted by Gasteiger charge is -2.43. The molecule has 2 aliphatic rings. The predicted octanol–water partition coefficient (Wildman–Crippen LogP) is 1.05. The fourth-order valence-electron chi connectivity index (χ4n) is 4.21. The molecule has 2 heterocycles. The molecule has 1 atom stereocenters. The highest BCUT2D eigenvalue weighted by atomic mass is 79.9. The molecule has 2 rings (SSSR count). The third-order valence-electron chi connectivity index (χ3n) is 5.61. The molecule has 25 heavy (non-hydrogen) atoms. The number of nitrogens with zero attached hydrogens (tertiary/aromatic N) is 2. The molecule has 0 radical (unpaired) electrons. The van der Waals surface area contributed by atoms with Crippen LogP contribution in [-0.2, 0) is 0 Å². The summed E-state index contributed by atoms with van der Waals surface area (Å²) in [6.07, 6.45) is 11.6. The zero-order valence-corrected chi connectivity index (χ0v) is 19.1. The van der Waals surface area contributed by atoms with E-state index in [2.05, 4.69) is 11.8 Å². The highest BCUT2D eigenvalue weighted by Gasteiger charge is 2.32. The van der Waals surface area contributed by atoms with Crippen LogP contribution in [0.5, 0.6) is 0 Å². The summed E-state index contributed by atoms with van der Waals surface area (Å²) >= 11 is 7.29. The van der Waals surface area contributed by atoms with Crippen molar-refractivity contribution in [3.05, 3.63) is 0 Å². The standard InChI is InChI=1S/C19H37N2OS2.BrH/c1-2-3-8-13-21(14-9-5-10-15-21)16-18(22)17-24-19(23)20-11-6-4-7-12-20;/h18,22H,2-17H2,1H3;1H/q+1;/p-1. The molecule has 1 unspecified atom stereocenters. The van der Waals surface area contributed by atoms with Crippen molar-refractivity contribution in [2.24, 2.45) is 0 Å². The van der Waals surface area contributed by atoms with Crippen LogP contribution in [0.4, 0.5) is 0 Å². The Hall–Kier alpha value is 0.640. The summed E-state index contributed by atoms with van der Waals surface area (Å²) in [7, 11) is 0. The van der Waals surface area contributed by atoms with E-state index in [0.717, 1.165) is 34.2 Å². The minimum Gasteiger partial charge on any atom is -1.00 e. The Morgan fingerprint density at radius 1 is 1.08 bits per heavy atom. The van der Waals surface area contributed by atoms with Gasteiger partial charge in [0.25, 0.3) is 0 Å². The maximum Gasteiger partial charge on any atom is 0.136 e. The molecule has 2 saturated heterocycles. The quantitative estimate of drug-likeness (QED) is 0.337. The number of thioether (sulfide) groups is 1. The molecule has 0 aromatic rings. The largest absolute Gasteiger partial charge is 1.00 e. The molecule has 2 fully saturated rings. The van der Waals surface area contributed by atoms with Crippen molar-refractivity contribution < 1.29 is 26.6 Å². The van der Waals surface area contributed by atoms with Gasteiger partial charge >= 0.3 is 0 Å². The lowest BCUT2D eigenvalue weighted by atomic mass is 10.0. The van der Waals surface area contributed by atoms with Crippen LogP contribution in [0.15, 0.2) is 0 Å². The molecule has 0 aromatic carbocycles. The SMILES string of the molecule is CCCCC[N+]1(CC(O)CSC(=S)N2CCCCC2)CCCCC1.[Br-]. The van der Waals surface area contributed by atoms with Crippen LogP contribution in [0.3, 0.4) is 0 Å². The van der Waals surface area contributed by atoms with Crippen LogP contribution in [0.1, 0.15) is 64.7 Å². The Balaban J connectivity index is 0.00000312. The van der Waals surface area contributed by atoms with Crippen LogP contribution >= 0.6 is 24.0 Å². The molecule has 0 amide bonds. The smallest absolute Gasteiger partial charge is 0.136 e. The highest BCUT2D eigenvalue weighted by Crippen LogP contribution is 2.23. The van der Waals surface area contributed by atoms with Gasteiger partial charge in [0, 0.05) is 18.8 Å². The van der Waals surface area contributed by atoms with Gasteiger partial charge in [0.05, 0.1) is 19.6 Å². The normalized spacial score (nSPS) is 21.4. The number of halogens is 1. The van der Waals surface area contributed by atoms with Crippen molar-refractivity contribution in [1.29, 1.82) is 0 Å². The number of quaternary nitrogens is 1. The van der Waals surface area contributed by atoms with Gasteiger partial charge in [0.15, 0.2) is 0 Å². The maximum atomic E-state index is 10.7. The van der Waals surface area contributed by atoms with Crippen LogP contribution in [0.25, 0.3) is 0 Å². The molecule has 0 aromatic heterocycles. The second kappa shape index (κ2) is 12.9. The number of unbranched alkanes of at least 4 members (excludes halogenated alkanes) is 2. The van der Waals surface area contributed by atoms with E-state index < -0.39 is 0 Å². The second-order valence-corrected chi connectivity index (χ2v) is 9.40. The lowest BCUT2D eigenvalue weighted by Crippen LogP contribution is -3.00. The summed E-state index contributed by atoms with van der Waals surface area (Å²) in [4.78, 5) is 2.34. The maximum absolute atomic E-state index is 10.7. The molecule has 148 valence electrons. The van der Waals surface area contributed by atoms with Crippen LogP contribution in [-0.4, -0.2) is 69.9 Å². The van der Waals surface area contributed by atoms with Gasteiger partial charge < -0.3 is 31.5 Å². The van der Waals surface area contributed by atoms with Gasteiger partial charge in [0.1, 0.15) is 17.0 Å². The van der Waals surface area contributed by atoms with E-state index in [9.17, 15) is 5.11 Å². The van der Waals surface area contributed by atoms with E-state index in [1.54, 1.807) is 11.8 Å². The van der Waals surface area contributed by atoms with E-state index in [-0.39, 0.29) is 23.1 Å². The molecule has 6 heteroatoms. The average molecular weight is 454 g/mol. The Bertz CT molecular complexity index is 372. The number of hydrogen-bond donors (Lipinski definition) is 1. The summed E-state index contributed by atoms with van der Waals surface area (Å²) in [6.45, 7) is 9.21. The first kappa shape index (κ1) is 23.7. The van der Waals surface area contributed by atoms with E-state index in [4.69, 9.17) is 12.2 Å². The van der Waals surface area contributed by atoms with E-state index >= 15 is 0 Å². The van der Waals surface area contributed by atoms with Gasteiger partial charge in [-0.1, -0.05) is 37.3 Å². The first-order valence-electron chi connectivity index (χ1n) is 10.1. The molecule has 0 saturated carbocycles. The number of thiocarbonyl (C=S) groups is 1. The lowest BCUT2D eigenvalue weighted by molar-refractivity contribution is -0.935.